The summed E-state index contributed by atoms with van der Waals surface area (Å²) >= 11 is 0. The molecule has 1 amide bonds. The zero-order chi connectivity index (χ0) is 15.2. The zero-order valence-corrected chi connectivity index (χ0v) is 13.3. The number of nitrogens with zero attached hydrogens (tertiary/aromatic N) is 1. The van der Waals surface area contributed by atoms with Gasteiger partial charge in [-0.25, -0.2) is 0 Å². The Bertz CT molecular complexity index is 456. The molecule has 0 saturated heterocycles. The van der Waals surface area contributed by atoms with Crippen LogP contribution >= 0.6 is 0 Å². The first-order chi connectivity index (χ1) is 10.0. The van der Waals surface area contributed by atoms with Crippen molar-refractivity contribution in [2.24, 2.45) is 11.8 Å². The minimum atomic E-state index is -0.0576. The molecule has 1 heterocycles. The number of nitrogens with one attached hydrogen (secondary N) is 2. The first-order valence-electron chi connectivity index (χ1n) is 8.01. The number of carbonyl (C=O) groups excluding carboxylic acids is 1. The van der Waals surface area contributed by atoms with Gasteiger partial charge in [0, 0.05) is 12.1 Å². The van der Waals surface area contributed by atoms with Crippen LogP contribution in [0.1, 0.15) is 51.7 Å². The highest BCUT2D eigenvalue weighted by atomic mass is 16.5. The zero-order valence-electron chi connectivity index (χ0n) is 13.3. The van der Waals surface area contributed by atoms with Gasteiger partial charge in [-0.15, -0.1) is 0 Å². The van der Waals surface area contributed by atoms with Gasteiger partial charge in [0.2, 0.25) is 5.91 Å². The van der Waals surface area contributed by atoms with Crippen molar-refractivity contribution in [3.8, 4) is 0 Å². The maximum absolute atomic E-state index is 11.9. The lowest BCUT2D eigenvalue weighted by Crippen LogP contribution is -2.38. The smallest absolute Gasteiger partial charge is 0.239 e. The monoisotopic (exact) mass is 293 g/mol. The van der Waals surface area contributed by atoms with E-state index in [0.29, 0.717) is 24.2 Å². The van der Waals surface area contributed by atoms with Gasteiger partial charge in [0.25, 0.3) is 0 Å². The van der Waals surface area contributed by atoms with Crippen LogP contribution < -0.4 is 10.6 Å². The van der Waals surface area contributed by atoms with Crippen molar-refractivity contribution in [1.82, 2.24) is 10.5 Å². The lowest BCUT2D eigenvalue weighted by molar-refractivity contribution is -0.115. The van der Waals surface area contributed by atoms with Crippen molar-refractivity contribution in [2.45, 2.75) is 58.9 Å². The van der Waals surface area contributed by atoms with Crippen LogP contribution in [0.25, 0.3) is 0 Å². The molecular formula is C16H27N3O2. The summed E-state index contributed by atoms with van der Waals surface area (Å²) < 4.78 is 4.93. The normalized spacial score (nSPS) is 21.9. The fourth-order valence-corrected chi connectivity index (χ4v) is 3.03. The van der Waals surface area contributed by atoms with Gasteiger partial charge in [0.15, 0.2) is 5.82 Å². The van der Waals surface area contributed by atoms with Crippen LogP contribution in [0.4, 0.5) is 5.82 Å². The van der Waals surface area contributed by atoms with Crippen molar-refractivity contribution < 1.29 is 9.32 Å². The first kappa shape index (κ1) is 16.0. The number of hydrogen-bond acceptors (Lipinski definition) is 4. The molecule has 2 atom stereocenters. The molecule has 21 heavy (non-hydrogen) atoms. The molecule has 1 aromatic heterocycles. The molecule has 1 aliphatic rings. The van der Waals surface area contributed by atoms with E-state index in [2.05, 4.69) is 29.6 Å². The number of rotatable bonds is 7. The molecule has 2 N–H and O–H groups in total. The summed E-state index contributed by atoms with van der Waals surface area (Å²) in [5.74, 6) is 2.60. The summed E-state index contributed by atoms with van der Waals surface area (Å²) in [4.78, 5) is 11.9. The average Bonchev–Trinajstić information content (AvgIpc) is 3.03. The molecule has 0 spiro atoms. The minimum absolute atomic E-state index is 0.0576. The molecule has 0 bridgehead atoms. The van der Waals surface area contributed by atoms with Crippen molar-refractivity contribution in [3.63, 3.8) is 0 Å². The second kappa shape index (κ2) is 7.59. The van der Waals surface area contributed by atoms with E-state index < -0.39 is 0 Å². The van der Waals surface area contributed by atoms with E-state index in [1.54, 1.807) is 13.0 Å². The highest BCUT2D eigenvalue weighted by Crippen LogP contribution is 2.30. The van der Waals surface area contributed by atoms with E-state index in [1.165, 1.54) is 32.1 Å². The predicted molar refractivity (Wildman–Crippen MR) is 83.1 cm³/mol. The Morgan fingerprint density at radius 3 is 2.95 bits per heavy atom. The predicted octanol–water partition coefficient (Wildman–Crippen LogP) is 3.12. The molecule has 118 valence electrons. The summed E-state index contributed by atoms with van der Waals surface area (Å²) in [5, 5.41) is 9.92. The molecule has 5 heteroatoms. The molecule has 1 fully saturated rings. The highest BCUT2D eigenvalue weighted by molar-refractivity contribution is 5.91. The molecule has 1 aromatic rings. The van der Waals surface area contributed by atoms with Crippen LogP contribution in [0.3, 0.4) is 0 Å². The summed E-state index contributed by atoms with van der Waals surface area (Å²) in [7, 11) is 0. The fourth-order valence-electron chi connectivity index (χ4n) is 3.03. The summed E-state index contributed by atoms with van der Waals surface area (Å²) in [6.45, 7) is 6.68. The minimum Gasteiger partial charge on any atom is -0.360 e. The van der Waals surface area contributed by atoms with Crippen LogP contribution in [0.2, 0.25) is 0 Å². The Balaban J connectivity index is 1.72. The van der Waals surface area contributed by atoms with Gasteiger partial charge in [0.05, 0.1) is 6.54 Å². The van der Waals surface area contributed by atoms with Crippen LogP contribution in [0.15, 0.2) is 10.6 Å². The molecule has 0 aliphatic heterocycles. The number of carbonyl (C=O) groups is 1. The summed E-state index contributed by atoms with van der Waals surface area (Å²) in [6, 6.07) is 2.20. The first-order valence-corrected chi connectivity index (χ1v) is 8.01. The molecule has 2 rings (SSSR count). The SMILES string of the molecule is Cc1cc(NC(=O)CN[C@H]2CCC[C@@H]2CCC(C)C)no1. The second-order valence-corrected chi connectivity index (χ2v) is 6.52. The van der Waals surface area contributed by atoms with E-state index in [1.807, 2.05) is 0 Å². The molecule has 0 unspecified atom stereocenters. The maximum atomic E-state index is 11.9. The fraction of sp³-hybridized carbons (Fsp3) is 0.750. The third-order valence-corrected chi connectivity index (χ3v) is 4.19. The van der Waals surface area contributed by atoms with Gasteiger partial charge in [-0.05, 0) is 38.0 Å². The van der Waals surface area contributed by atoms with Gasteiger partial charge in [-0.2, -0.15) is 0 Å². The van der Waals surface area contributed by atoms with Gasteiger partial charge in [-0.3, -0.25) is 4.79 Å². The largest absolute Gasteiger partial charge is 0.360 e. The standard InChI is InChI=1S/C16H27N3O2/c1-11(2)7-8-13-5-4-6-14(13)17-10-16(20)18-15-9-12(3)21-19-15/h9,11,13-14,17H,4-8,10H2,1-3H3,(H,18,19,20)/t13-,14+/m1/s1. The average molecular weight is 293 g/mol. The van der Waals surface area contributed by atoms with Crippen molar-refractivity contribution in [2.75, 3.05) is 11.9 Å². The van der Waals surface area contributed by atoms with Crippen LogP contribution in [-0.2, 0) is 4.79 Å². The number of amides is 1. The van der Waals surface area contributed by atoms with E-state index >= 15 is 0 Å². The van der Waals surface area contributed by atoms with Crippen LogP contribution in [0, 0.1) is 18.8 Å². The van der Waals surface area contributed by atoms with Crippen molar-refractivity contribution >= 4 is 11.7 Å². The number of aromatic nitrogens is 1. The Hall–Kier alpha value is -1.36. The van der Waals surface area contributed by atoms with Gasteiger partial charge in [0.1, 0.15) is 5.76 Å². The number of hydrogen-bond donors (Lipinski definition) is 2. The van der Waals surface area contributed by atoms with E-state index in [9.17, 15) is 4.79 Å². The van der Waals surface area contributed by atoms with Gasteiger partial charge < -0.3 is 15.2 Å². The Morgan fingerprint density at radius 1 is 1.48 bits per heavy atom. The molecule has 0 aromatic carbocycles. The quantitative estimate of drug-likeness (QED) is 0.810. The van der Waals surface area contributed by atoms with Crippen molar-refractivity contribution in [1.29, 1.82) is 0 Å². The maximum Gasteiger partial charge on any atom is 0.239 e. The molecule has 0 radical (unpaired) electrons. The van der Waals surface area contributed by atoms with E-state index in [4.69, 9.17) is 4.52 Å². The molecule has 1 saturated carbocycles. The second-order valence-electron chi connectivity index (χ2n) is 6.52. The van der Waals surface area contributed by atoms with Gasteiger partial charge >= 0.3 is 0 Å². The highest BCUT2D eigenvalue weighted by Gasteiger charge is 2.27. The van der Waals surface area contributed by atoms with E-state index in [-0.39, 0.29) is 5.91 Å². The third kappa shape index (κ3) is 5.16. The summed E-state index contributed by atoms with van der Waals surface area (Å²) in [6.07, 6.45) is 6.27. The summed E-state index contributed by atoms with van der Waals surface area (Å²) in [5.41, 5.74) is 0. The molecular weight excluding hydrogens is 266 g/mol. The van der Waals surface area contributed by atoms with Crippen LogP contribution in [-0.4, -0.2) is 23.7 Å². The lowest BCUT2D eigenvalue weighted by atomic mass is 9.94. The number of aryl methyl sites for hydroxylation is 1. The lowest BCUT2D eigenvalue weighted by Gasteiger charge is -2.21. The Kier molecular flexibility index (Phi) is 5.79. The molecule has 1 aliphatic carbocycles. The van der Waals surface area contributed by atoms with E-state index in [0.717, 1.165) is 11.8 Å². The number of anilines is 1. The van der Waals surface area contributed by atoms with Crippen LogP contribution in [0.5, 0.6) is 0 Å². The third-order valence-electron chi connectivity index (χ3n) is 4.19. The molecule has 5 nitrogen and oxygen atoms in total. The Labute approximate surface area is 126 Å². The Morgan fingerprint density at radius 2 is 2.29 bits per heavy atom. The topological polar surface area (TPSA) is 67.2 Å². The van der Waals surface area contributed by atoms with Crippen molar-refractivity contribution in [3.05, 3.63) is 11.8 Å². The van der Waals surface area contributed by atoms with Gasteiger partial charge in [-0.1, -0.05) is 31.8 Å².